The van der Waals surface area contributed by atoms with Gasteiger partial charge in [-0.15, -0.1) is 0 Å². The minimum absolute atomic E-state index is 0.0339. The van der Waals surface area contributed by atoms with Crippen LogP contribution in [0, 0.1) is 0 Å². The molecule has 7 atom stereocenters. The number of para-hydroxylation sites is 1. The number of fused-ring (bicyclic) bond motifs is 1. The van der Waals surface area contributed by atoms with E-state index in [0.29, 0.717) is 24.0 Å². The zero-order chi connectivity index (χ0) is 51.9. The van der Waals surface area contributed by atoms with Gasteiger partial charge in [-0.05, 0) is 62.1 Å². The molecule has 20 N–H and O–H groups in total. The van der Waals surface area contributed by atoms with Crippen molar-refractivity contribution in [3.8, 4) is 0 Å². The highest BCUT2D eigenvalue weighted by Crippen LogP contribution is 2.20. The molecule has 386 valence electrons. The Kier molecular flexibility index (Phi) is 22.5. The van der Waals surface area contributed by atoms with Gasteiger partial charge in [0.1, 0.15) is 30.4 Å². The number of guanidine groups is 2. The Morgan fingerprint density at radius 1 is 0.732 bits per heavy atom. The van der Waals surface area contributed by atoms with Crippen molar-refractivity contribution in [2.24, 2.45) is 38.7 Å². The Bertz CT molecular complexity index is 2350. The van der Waals surface area contributed by atoms with Gasteiger partial charge in [0.25, 0.3) is 0 Å². The number of benzene rings is 2. The van der Waals surface area contributed by atoms with Crippen LogP contribution in [0.3, 0.4) is 0 Å². The van der Waals surface area contributed by atoms with Crippen LogP contribution in [0.5, 0.6) is 0 Å². The van der Waals surface area contributed by atoms with Gasteiger partial charge in [-0.1, -0.05) is 48.5 Å². The quantitative estimate of drug-likeness (QED) is 0.0266. The van der Waals surface area contributed by atoms with Crippen LogP contribution in [0.25, 0.3) is 10.9 Å². The molecule has 0 saturated carbocycles. The Hall–Kier alpha value is -7.80. The second kappa shape index (κ2) is 28.6. The highest BCUT2D eigenvalue weighted by Gasteiger charge is 2.33. The Balaban J connectivity index is 1.68. The topological polar surface area (TPSA) is 424 Å². The van der Waals surface area contributed by atoms with Crippen molar-refractivity contribution in [2.75, 3.05) is 26.2 Å². The van der Waals surface area contributed by atoms with E-state index in [4.69, 9.17) is 28.7 Å². The van der Waals surface area contributed by atoms with Crippen LogP contribution in [-0.4, -0.2) is 138 Å². The number of amides is 8. The molecular formula is C46H68N16O9. The number of rotatable bonds is 17. The van der Waals surface area contributed by atoms with E-state index >= 15 is 0 Å². The van der Waals surface area contributed by atoms with Crippen LogP contribution in [0.1, 0.15) is 69.4 Å². The number of carbonyl (C=O) groups excluding carboxylic acids is 8. The van der Waals surface area contributed by atoms with Gasteiger partial charge in [-0.3, -0.25) is 53.7 Å². The lowest BCUT2D eigenvalue weighted by Gasteiger charge is -2.28. The first kappa shape index (κ1) is 55.8. The summed E-state index contributed by atoms with van der Waals surface area (Å²) in [5, 5.41) is 33.3. The summed E-state index contributed by atoms with van der Waals surface area (Å²) in [5.41, 5.74) is 29.7. The molecular weight excluding hydrogens is 921 g/mol. The highest BCUT2D eigenvalue weighted by molar-refractivity contribution is 5.97. The minimum Gasteiger partial charge on any atom is -0.376 e. The normalized spacial score (nSPS) is 21.1. The lowest BCUT2D eigenvalue weighted by atomic mass is 10.0. The van der Waals surface area contributed by atoms with Gasteiger partial charge < -0.3 is 76.0 Å². The molecule has 2 aromatic carbocycles. The number of aliphatic imine (C=N–C) groups is 2. The molecule has 4 rings (SSSR count). The van der Waals surface area contributed by atoms with Crippen LogP contribution >= 0.6 is 0 Å². The predicted molar refractivity (Wildman–Crippen MR) is 264 cm³/mol. The number of primary amides is 1. The SMILES string of the molecule is CC(=O)N[C@@H](CCCN=C(N)N)C(O)N[C@H]1CC(=O)NCCCC[C@@H](C(N)=O)NC(=O)[C@H](Cc2c[nH]c3ccccc23)NC(=O)[C@H](CCCN=C(N)N)NC(=O)[C@@H](Cc2ccccc2)NC(=O)CNC1=O. The summed E-state index contributed by atoms with van der Waals surface area (Å²) < 4.78 is 0. The molecule has 71 heavy (non-hydrogen) atoms. The van der Waals surface area contributed by atoms with Crippen LogP contribution in [-0.2, 0) is 51.2 Å². The van der Waals surface area contributed by atoms with Crippen molar-refractivity contribution in [3.63, 3.8) is 0 Å². The van der Waals surface area contributed by atoms with Crippen molar-refractivity contribution in [2.45, 2.75) is 114 Å². The van der Waals surface area contributed by atoms with E-state index < -0.39 is 103 Å². The molecule has 1 fully saturated rings. The van der Waals surface area contributed by atoms with Crippen molar-refractivity contribution in [1.82, 2.24) is 47.5 Å². The molecule has 0 bridgehead atoms. The summed E-state index contributed by atoms with van der Waals surface area (Å²) in [6.45, 7) is 0.839. The van der Waals surface area contributed by atoms with Gasteiger partial charge in [0, 0.05) is 56.5 Å². The molecule has 1 aliphatic rings. The minimum atomic E-state index is -1.59. The van der Waals surface area contributed by atoms with Crippen molar-refractivity contribution in [1.29, 1.82) is 0 Å². The summed E-state index contributed by atoms with van der Waals surface area (Å²) in [7, 11) is 0. The van der Waals surface area contributed by atoms with E-state index in [9.17, 15) is 43.5 Å². The molecule has 1 unspecified atom stereocenters. The zero-order valence-corrected chi connectivity index (χ0v) is 39.7. The largest absolute Gasteiger partial charge is 0.376 e. The molecule has 8 amide bonds. The highest BCUT2D eigenvalue weighted by atomic mass is 16.3. The summed E-state index contributed by atoms with van der Waals surface area (Å²) in [6.07, 6.45) is 0.661. The number of nitrogens with zero attached hydrogens (tertiary/aromatic N) is 2. The maximum Gasteiger partial charge on any atom is 0.243 e. The molecule has 25 heteroatoms. The van der Waals surface area contributed by atoms with Crippen LogP contribution < -0.4 is 71.2 Å². The number of nitrogens with two attached hydrogens (primary N) is 5. The van der Waals surface area contributed by atoms with E-state index in [1.807, 2.05) is 24.3 Å². The average molecular weight is 989 g/mol. The lowest BCUT2D eigenvalue weighted by Crippen LogP contribution is -2.59. The number of hydrogen-bond acceptors (Lipinski definition) is 12. The second-order valence-corrected chi connectivity index (χ2v) is 17.1. The van der Waals surface area contributed by atoms with Gasteiger partial charge in [-0.2, -0.15) is 0 Å². The van der Waals surface area contributed by atoms with Crippen LogP contribution in [0.15, 0.2) is 70.8 Å². The number of H-pyrrole nitrogens is 1. The van der Waals surface area contributed by atoms with E-state index in [1.165, 1.54) is 6.92 Å². The molecule has 3 aromatic rings. The standard InChI is InChI=1S/C46H68N16O9/c1-26(63)57-32(16-9-19-53-45(48)49)41(68)62-36-23-37(64)52-18-8-7-15-31(39(47)66)59-44(71)35(22-28-24-55-30-14-6-5-13-29(28)30)61-42(69)33(17-10-20-54-46(50)51)60-43(70)34(21-27-11-3-2-4-12-27)58-38(65)25-56-40(36)67/h2-6,11-14,24,31-36,41,55,62,68H,7-10,15-23,25H2,1H3,(H2,47,66)(H,52,64)(H,56,67)(H,57,63)(H,58,65)(H,59,71)(H,60,70)(H,61,69)(H4,48,49,53)(H4,50,51,54)/t31-,32-,33-,34+,35-,36-,41?/m0/s1. The molecule has 0 radical (unpaired) electrons. The molecule has 25 nitrogen and oxygen atoms in total. The second-order valence-electron chi connectivity index (χ2n) is 17.1. The molecule has 1 aromatic heterocycles. The number of aromatic nitrogens is 1. The van der Waals surface area contributed by atoms with Gasteiger partial charge in [0.05, 0.1) is 25.0 Å². The summed E-state index contributed by atoms with van der Waals surface area (Å²) in [4.78, 5) is 120. The van der Waals surface area contributed by atoms with Crippen molar-refractivity contribution < 1.29 is 43.5 Å². The van der Waals surface area contributed by atoms with E-state index in [-0.39, 0.29) is 76.5 Å². The third-order valence-corrected chi connectivity index (χ3v) is 11.4. The smallest absolute Gasteiger partial charge is 0.243 e. The monoisotopic (exact) mass is 989 g/mol. The van der Waals surface area contributed by atoms with Crippen molar-refractivity contribution >= 4 is 70.1 Å². The van der Waals surface area contributed by atoms with Gasteiger partial charge in [0.15, 0.2) is 11.9 Å². The fraction of sp³-hybridized carbons (Fsp3) is 0.478. The molecule has 1 saturated heterocycles. The summed E-state index contributed by atoms with van der Waals surface area (Å²) in [6, 6.07) is 8.38. The summed E-state index contributed by atoms with van der Waals surface area (Å²) >= 11 is 0. The zero-order valence-electron chi connectivity index (χ0n) is 39.7. The van der Waals surface area contributed by atoms with Gasteiger partial charge >= 0.3 is 0 Å². The van der Waals surface area contributed by atoms with Crippen LogP contribution in [0.2, 0.25) is 0 Å². The average Bonchev–Trinajstić information content (AvgIpc) is 3.73. The Morgan fingerprint density at radius 3 is 2.06 bits per heavy atom. The first-order valence-corrected chi connectivity index (χ1v) is 23.3. The fourth-order valence-electron chi connectivity index (χ4n) is 7.80. The van der Waals surface area contributed by atoms with E-state index in [0.717, 1.165) is 10.9 Å². The number of hydrogen-bond donors (Lipinski definition) is 15. The van der Waals surface area contributed by atoms with Gasteiger partial charge in [-0.25, -0.2) is 0 Å². The number of carbonyl (C=O) groups is 8. The van der Waals surface area contributed by atoms with E-state index in [2.05, 4.69) is 57.5 Å². The van der Waals surface area contributed by atoms with E-state index in [1.54, 1.807) is 36.5 Å². The molecule has 0 spiro atoms. The molecule has 0 aliphatic carbocycles. The predicted octanol–water partition coefficient (Wildman–Crippen LogP) is -3.93. The first-order valence-electron chi connectivity index (χ1n) is 23.3. The molecule has 1 aliphatic heterocycles. The third kappa shape index (κ3) is 19.6. The lowest BCUT2D eigenvalue weighted by molar-refractivity contribution is -0.134. The number of aliphatic hydroxyl groups is 1. The first-order chi connectivity index (χ1) is 33.9. The fourth-order valence-corrected chi connectivity index (χ4v) is 7.80. The maximum atomic E-state index is 14.4. The Labute approximate surface area is 410 Å². The van der Waals surface area contributed by atoms with Crippen molar-refractivity contribution in [3.05, 3.63) is 71.9 Å². The number of aromatic amines is 1. The van der Waals surface area contributed by atoms with Gasteiger partial charge in [0.2, 0.25) is 47.3 Å². The Morgan fingerprint density at radius 2 is 1.37 bits per heavy atom. The number of nitrogens with one attached hydrogen (secondary N) is 9. The number of aliphatic hydroxyl groups excluding tert-OH is 1. The third-order valence-electron chi connectivity index (χ3n) is 11.4. The molecule has 2 heterocycles. The maximum absolute atomic E-state index is 14.4. The summed E-state index contributed by atoms with van der Waals surface area (Å²) in [5.74, 6) is -6.38. The van der Waals surface area contributed by atoms with Crippen LogP contribution in [0.4, 0.5) is 0 Å².